The number of hydrogen-bond donors (Lipinski definition) is 3. The van der Waals surface area contributed by atoms with Gasteiger partial charge in [0.2, 0.25) is 0 Å². The predicted molar refractivity (Wildman–Crippen MR) is 130 cm³/mol. The number of aliphatic hydroxyl groups excluding tert-OH is 1. The van der Waals surface area contributed by atoms with Crippen LogP contribution in [0.3, 0.4) is 0 Å². The molecule has 0 saturated carbocycles. The number of nitrogens with one attached hydrogen (secondary N) is 2. The van der Waals surface area contributed by atoms with Crippen molar-refractivity contribution < 1.29 is 9.84 Å². The van der Waals surface area contributed by atoms with Gasteiger partial charge >= 0.3 is 0 Å². The minimum Gasteiger partial charge on any atom is -0.492 e. The number of guanidine groups is 1. The average Bonchev–Trinajstić information content (AvgIpc) is 2.72. The molecule has 2 aromatic rings. The Morgan fingerprint density at radius 3 is 2.41 bits per heavy atom. The zero-order valence-corrected chi connectivity index (χ0v) is 19.8. The van der Waals surface area contributed by atoms with Gasteiger partial charge in [0, 0.05) is 38.2 Å². The van der Waals surface area contributed by atoms with Crippen LogP contribution in [0.25, 0.3) is 0 Å². The van der Waals surface area contributed by atoms with Gasteiger partial charge in [-0.1, -0.05) is 48.5 Å². The highest BCUT2D eigenvalue weighted by Gasteiger charge is 2.11. The number of nitrogens with zero attached hydrogens (tertiary/aromatic N) is 2. The van der Waals surface area contributed by atoms with E-state index in [1.807, 2.05) is 68.7 Å². The van der Waals surface area contributed by atoms with Crippen LogP contribution in [0.15, 0.2) is 59.6 Å². The predicted octanol–water partition coefficient (Wildman–Crippen LogP) is 2.69. The number of halogens is 1. The van der Waals surface area contributed by atoms with E-state index in [1.54, 1.807) is 7.05 Å². The molecule has 6 nitrogen and oxygen atoms in total. The Bertz CT molecular complexity index is 726. The lowest BCUT2D eigenvalue weighted by Crippen LogP contribution is -2.39. The second-order valence-corrected chi connectivity index (χ2v) is 6.86. The number of likely N-dealkylation sites (N-methyl/N-ethyl adjacent to an activating group) is 1. The summed E-state index contributed by atoms with van der Waals surface area (Å²) < 4.78 is 5.91. The zero-order chi connectivity index (χ0) is 20.2. The number of aliphatic imine (C=N–C) groups is 1. The van der Waals surface area contributed by atoms with Crippen LogP contribution in [0.1, 0.15) is 17.0 Å². The lowest BCUT2D eigenvalue weighted by Gasteiger charge is -2.19. The maximum absolute atomic E-state index is 9.71. The third kappa shape index (κ3) is 9.01. The molecule has 0 aromatic heterocycles. The monoisotopic (exact) mass is 512 g/mol. The molecule has 0 radical (unpaired) electrons. The van der Waals surface area contributed by atoms with Crippen LogP contribution in [-0.2, 0) is 6.54 Å². The van der Waals surface area contributed by atoms with E-state index >= 15 is 0 Å². The lowest BCUT2D eigenvalue weighted by atomic mass is 10.0. The summed E-state index contributed by atoms with van der Waals surface area (Å²) in [5.41, 5.74) is 2.18. The molecule has 0 aliphatic carbocycles. The van der Waals surface area contributed by atoms with Crippen molar-refractivity contribution in [2.45, 2.75) is 12.5 Å². The third-order valence-corrected chi connectivity index (χ3v) is 4.45. The van der Waals surface area contributed by atoms with Gasteiger partial charge in [0.15, 0.2) is 5.96 Å². The Labute approximate surface area is 191 Å². The molecular formula is C22H33IN4O2. The topological polar surface area (TPSA) is 69.1 Å². The maximum Gasteiger partial charge on any atom is 0.191 e. The van der Waals surface area contributed by atoms with E-state index in [0.29, 0.717) is 25.7 Å². The smallest absolute Gasteiger partial charge is 0.191 e. The molecule has 1 unspecified atom stereocenters. The summed E-state index contributed by atoms with van der Waals surface area (Å²) in [6, 6.07) is 18.0. The van der Waals surface area contributed by atoms with Gasteiger partial charge < -0.3 is 25.4 Å². The molecule has 0 amide bonds. The SMILES string of the molecule is CN=C(NCc1ccccc1OCCN(C)C)NCC(CO)c1ccccc1.I. The Hall–Kier alpha value is -1.84. The van der Waals surface area contributed by atoms with Crippen molar-refractivity contribution in [1.29, 1.82) is 0 Å². The summed E-state index contributed by atoms with van der Waals surface area (Å²) in [7, 11) is 5.80. The van der Waals surface area contributed by atoms with Crippen LogP contribution in [-0.4, -0.2) is 63.4 Å². The molecule has 0 spiro atoms. The summed E-state index contributed by atoms with van der Waals surface area (Å²) in [5.74, 6) is 1.59. The van der Waals surface area contributed by atoms with Crippen molar-refractivity contribution >= 4 is 29.9 Å². The summed E-state index contributed by atoms with van der Waals surface area (Å²) in [6.07, 6.45) is 0. The molecule has 2 aromatic carbocycles. The van der Waals surface area contributed by atoms with Gasteiger partial charge in [0.25, 0.3) is 0 Å². The molecule has 0 heterocycles. The van der Waals surface area contributed by atoms with Crippen molar-refractivity contribution in [1.82, 2.24) is 15.5 Å². The minimum atomic E-state index is 0. The Morgan fingerprint density at radius 2 is 1.76 bits per heavy atom. The summed E-state index contributed by atoms with van der Waals surface area (Å²) in [5, 5.41) is 16.3. The first kappa shape index (κ1) is 25.2. The first-order valence-corrected chi connectivity index (χ1v) is 9.59. The Balaban J connectivity index is 0.00000420. The number of aliphatic hydroxyl groups is 1. The van der Waals surface area contributed by atoms with Gasteiger partial charge in [-0.25, -0.2) is 0 Å². The summed E-state index contributed by atoms with van der Waals surface area (Å²) in [6.45, 7) is 2.80. The Kier molecular flexibility index (Phi) is 12.3. The molecule has 160 valence electrons. The molecule has 29 heavy (non-hydrogen) atoms. The number of hydrogen-bond acceptors (Lipinski definition) is 4. The van der Waals surface area contributed by atoms with Gasteiger partial charge in [-0.2, -0.15) is 0 Å². The van der Waals surface area contributed by atoms with E-state index < -0.39 is 0 Å². The number of para-hydroxylation sites is 1. The van der Waals surface area contributed by atoms with Crippen molar-refractivity contribution in [3.63, 3.8) is 0 Å². The van der Waals surface area contributed by atoms with Crippen LogP contribution in [0.4, 0.5) is 0 Å². The standard InChI is InChI=1S/C22H32N4O2.HI/c1-23-22(25-16-20(17-27)18-9-5-4-6-10-18)24-15-19-11-7-8-12-21(19)28-14-13-26(2)3;/h4-12,20,27H,13-17H2,1-3H3,(H2,23,24,25);1H. The second-order valence-electron chi connectivity index (χ2n) is 6.86. The first-order valence-electron chi connectivity index (χ1n) is 9.59. The van der Waals surface area contributed by atoms with Crippen molar-refractivity contribution in [2.75, 3.05) is 47.4 Å². The van der Waals surface area contributed by atoms with Crippen LogP contribution >= 0.6 is 24.0 Å². The van der Waals surface area contributed by atoms with E-state index in [-0.39, 0.29) is 36.5 Å². The molecule has 0 bridgehead atoms. The second kappa shape index (κ2) is 14.2. The molecule has 3 N–H and O–H groups in total. The molecular weight excluding hydrogens is 479 g/mol. The van der Waals surface area contributed by atoms with Gasteiger partial charge in [-0.3, -0.25) is 4.99 Å². The van der Waals surface area contributed by atoms with E-state index in [0.717, 1.165) is 23.4 Å². The van der Waals surface area contributed by atoms with Crippen molar-refractivity contribution in [3.05, 3.63) is 65.7 Å². The number of benzene rings is 2. The van der Waals surface area contributed by atoms with Gasteiger partial charge in [-0.05, 0) is 25.7 Å². The average molecular weight is 512 g/mol. The molecule has 0 aliphatic rings. The number of ether oxygens (including phenoxy) is 1. The fourth-order valence-corrected chi connectivity index (χ4v) is 2.76. The molecule has 7 heteroatoms. The first-order chi connectivity index (χ1) is 13.6. The van der Waals surface area contributed by atoms with E-state index in [2.05, 4.69) is 20.5 Å². The molecule has 0 saturated heterocycles. The van der Waals surface area contributed by atoms with Crippen molar-refractivity contribution in [3.8, 4) is 5.75 Å². The van der Waals surface area contributed by atoms with E-state index in [9.17, 15) is 5.11 Å². The van der Waals surface area contributed by atoms with E-state index in [1.165, 1.54) is 0 Å². The van der Waals surface area contributed by atoms with E-state index in [4.69, 9.17) is 4.74 Å². The highest BCUT2D eigenvalue weighted by molar-refractivity contribution is 14.0. The largest absolute Gasteiger partial charge is 0.492 e. The Morgan fingerprint density at radius 1 is 1.07 bits per heavy atom. The zero-order valence-electron chi connectivity index (χ0n) is 17.5. The van der Waals surface area contributed by atoms with Crippen molar-refractivity contribution in [2.24, 2.45) is 4.99 Å². The van der Waals surface area contributed by atoms with Crippen LogP contribution in [0.2, 0.25) is 0 Å². The fourth-order valence-electron chi connectivity index (χ4n) is 2.76. The molecule has 0 fully saturated rings. The van der Waals surface area contributed by atoms with Gasteiger partial charge in [0.05, 0.1) is 6.61 Å². The highest BCUT2D eigenvalue weighted by atomic mass is 127. The molecule has 1 atom stereocenters. The lowest BCUT2D eigenvalue weighted by molar-refractivity contribution is 0.259. The summed E-state index contributed by atoms with van der Waals surface area (Å²) >= 11 is 0. The molecule has 0 aliphatic heterocycles. The summed E-state index contributed by atoms with van der Waals surface area (Å²) in [4.78, 5) is 6.38. The van der Waals surface area contributed by atoms with Gasteiger partial charge in [-0.15, -0.1) is 24.0 Å². The quantitative estimate of drug-likeness (QED) is 0.260. The number of rotatable bonds is 10. The van der Waals surface area contributed by atoms with Gasteiger partial charge in [0.1, 0.15) is 12.4 Å². The third-order valence-electron chi connectivity index (χ3n) is 4.45. The van der Waals surface area contributed by atoms with Crippen LogP contribution in [0, 0.1) is 0 Å². The fraction of sp³-hybridized carbons (Fsp3) is 0.409. The maximum atomic E-state index is 9.71. The normalized spacial score (nSPS) is 12.2. The van der Waals surface area contributed by atoms with Crippen LogP contribution in [0.5, 0.6) is 5.75 Å². The molecule has 2 rings (SSSR count). The minimum absolute atomic E-state index is 0. The van der Waals surface area contributed by atoms with Crippen LogP contribution < -0.4 is 15.4 Å². The highest BCUT2D eigenvalue weighted by Crippen LogP contribution is 2.18.